The Hall–Kier alpha value is -2.90. The number of halogens is 1. The number of benzene rings is 1. The lowest BCUT2D eigenvalue weighted by molar-refractivity contribution is -0.116. The zero-order valence-corrected chi connectivity index (χ0v) is 18.1. The Bertz CT molecular complexity index is 1150. The number of ether oxygens (including phenoxy) is 1. The van der Waals surface area contributed by atoms with Crippen LogP contribution in [0.2, 0.25) is 5.02 Å². The monoisotopic (exact) mass is 441 g/mol. The minimum Gasteiger partial charge on any atom is -0.486 e. The van der Waals surface area contributed by atoms with Crippen LogP contribution in [-0.2, 0) is 18.3 Å². The zero-order chi connectivity index (χ0) is 21.3. The fourth-order valence-electron chi connectivity index (χ4n) is 3.30. The molecule has 1 aliphatic heterocycles. The van der Waals surface area contributed by atoms with Gasteiger partial charge in [0.1, 0.15) is 11.9 Å². The molecule has 1 unspecified atom stereocenters. The molecule has 0 aliphatic carbocycles. The van der Waals surface area contributed by atoms with Gasteiger partial charge in [-0.05, 0) is 42.8 Å². The maximum absolute atomic E-state index is 12.1. The molecule has 1 aromatic carbocycles. The van der Waals surface area contributed by atoms with E-state index in [-0.39, 0.29) is 17.8 Å². The van der Waals surface area contributed by atoms with Gasteiger partial charge in [-0.2, -0.15) is 5.10 Å². The number of Topliss-reactive ketones (excluding diaryl/α,β-unsaturated/α-hetero) is 1. The fourth-order valence-corrected chi connectivity index (χ4v) is 4.47. The number of ketones is 1. The lowest BCUT2D eigenvalue weighted by Crippen LogP contribution is -2.33. The third kappa shape index (κ3) is 4.47. The smallest absolute Gasteiger partial charge is 0.244 e. The van der Waals surface area contributed by atoms with Crippen LogP contribution in [0.5, 0.6) is 5.75 Å². The van der Waals surface area contributed by atoms with Gasteiger partial charge in [-0.15, -0.1) is 11.3 Å². The van der Waals surface area contributed by atoms with Gasteiger partial charge in [0.25, 0.3) is 0 Å². The summed E-state index contributed by atoms with van der Waals surface area (Å²) >= 11 is 7.90. The number of nitrogens with one attached hydrogen (secondary N) is 1. The molecule has 3 heterocycles. The first kappa shape index (κ1) is 20.4. The molecule has 4 rings (SSSR count). The van der Waals surface area contributed by atoms with E-state index in [9.17, 15) is 9.59 Å². The minimum atomic E-state index is -0.194. The van der Waals surface area contributed by atoms with E-state index < -0.39 is 0 Å². The van der Waals surface area contributed by atoms with Crippen LogP contribution in [0.15, 0.2) is 42.7 Å². The summed E-state index contributed by atoms with van der Waals surface area (Å²) in [6.45, 7) is 1.94. The largest absolute Gasteiger partial charge is 0.486 e. The van der Waals surface area contributed by atoms with Crippen LogP contribution in [0.4, 0.5) is 0 Å². The topological polar surface area (TPSA) is 73.2 Å². The predicted molar refractivity (Wildman–Crippen MR) is 118 cm³/mol. The minimum absolute atomic E-state index is 0.0511. The van der Waals surface area contributed by atoms with Crippen molar-refractivity contribution in [3.63, 3.8) is 0 Å². The molecule has 1 amide bonds. The number of aryl methyl sites for hydroxylation is 1. The second-order valence-corrected chi connectivity index (χ2v) is 8.63. The second kappa shape index (κ2) is 8.45. The number of carbonyl (C=O) groups excluding carboxylic acids is 2. The van der Waals surface area contributed by atoms with Gasteiger partial charge >= 0.3 is 0 Å². The van der Waals surface area contributed by atoms with Crippen LogP contribution in [-0.4, -0.2) is 34.1 Å². The van der Waals surface area contributed by atoms with Gasteiger partial charge in [-0.3, -0.25) is 14.3 Å². The Morgan fingerprint density at radius 3 is 2.93 bits per heavy atom. The third-order valence-electron chi connectivity index (χ3n) is 4.75. The van der Waals surface area contributed by atoms with Crippen molar-refractivity contribution in [2.24, 2.45) is 7.05 Å². The van der Waals surface area contributed by atoms with Crippen molar-refractivity contribution in [2.45, 2.75) is 19.4 Å². The number of thiophene rings is 1. The van der Waals surface area contributed by atoms with Gasteiger partial charge in [-0.1, -0.05) is 11.6 Å². The molecule has 0 saturated carbocycles. The van der Waals surface area contributed by atoms with Crippen LogP contribution in [0.3, 0.4) is 0 Å². The van der Waals surface area contributed by atoms with Crippen LogP contribution in [0, 0.1) is 0 Å². The Morgan fingerprint density at radius 2 is 2.23 bits per heavy atom. The van der Waals surface area contributed by atoms with E-state index in [1.807, 2.05) is 37.5 Å². The van der Waals surface area contributed by atoms with Crippen molar-refractivity contribution in [2.75, 3.05) is 6.54 Å². The molecule has 0 saturated heterocycles. The van der Waals surface area contributed by atoms with Crippen molar-refractivity contribution in [3.8, 4) is 16.2 Å². The number of rotatable bonds is 6. The summed E-state index contributed by atoms with van der Waals surface area (Å²) in [7, 11) is 1.82. The quantitative estimate of drug-likeness (QED) is 0.461. The van der Waals surface area contributed by atoms with E-state index in [4.69, 9.17) is 16.3 Å². The first-order valence-corrected chi connectivity index (χ1v) is 10.6. The SMILES string of the molecule is CC(=O)c1ccc(-c2cc(Cl)c3c(c2)CC(CNC(=O)/C=C/c2cnn(C)c2)O3)s1. The number of hydrogen-bond donors (Lipinski definition) is 1. The van der Waals surface area contributed by atoms with E-state index in [1.165, 1.54) is 17.4 Å². The summed E-state index contributed by atoms with van der Waals surface area (Å²) in [5, 5.41) is 7.45. The van der Waals surface area contributed by atoms with Gasteiger partial charge in [-0.25, -0.2) is 0 Å². The molecule has 30 heavy (non-hydrogen) atoms. The summed E-state index contributed by atoms with van der Waals surface area (Å²) < 4.78 is 7.63. The molecule has 0 fully saturated rings. The summed E-state index contributed by atoms with van der Waals surface area (Å²) in [5.41, 5.74) is 2.82. The standard InChI is InChI=1S/C22H20ClN3O3S/c1-13(27)19-4-5-20(30-19)15-7-16-8-17(29-22(16)18(23)9-15)11-24-21(28)6-3-14-10-25-26(2)12-14/h3-7,9-10,12,17H,8,11H2,1-2H3,(H,24,28)/b6-3+. The van der Waals surface area contributed by atoms with Crippen LogP contribution in [0.25, 0.3) is 16.5 Å². The molecule has 8 heteroatoms. The number of carbonyl (C=O) groups is 2. The maximum Gasteiger partial charge on any atom is 0.244 e. The number of aromatic nitrogens is 2. The molecule has 3 aromatic rings. The highest BCUT2D eigenvalue weighted by Gasteiger charge is 2.26. The Kier molecular flexibility index (Phi) is 5.74. The van der Waals surface area contributed by atoms with Crippen molar-refractivity contribution < 1.29 is 14.3 Å². The summed E-state index contributed by atoms with van der Waals surface area (Å²) in [4.78, 5) is 25.4. The number of nitrogens with zero attached hydrogens (tertiary/aromatic N) is 2. The molecule has 6 nitrogen and oxygen atoms in total. The number of fused-ring (bicyclic) bond motifs is 1. The lowest BCUT2D eigenvalue weighted by Gasteiger charge is -2.11. The van der Waals surface area contributed by atoms with E-state index in [1.54, 1.807) is 23.9 Å². The highest BCUT2D eigenvalue weighted by molar-refractivity contribution is 7.17. The van der Waals surface area contributed by atoms with Crippen molar-refractivity contribution in [1.29, 1.82) is 0 Å². The maximum atomic E-state index is 12.1. The zero-order valence-electron chi connectivity index (χ0n) is 16.5. The molecule has 0 bridgehead atoms. The molecule has 1 aliphatic rings. The summed E-state index contributed by atoms with van der Waals surface area (Å²) in [6, 6.07) is 7.66. The number of amides is 1. The van der Waals surface area contributed by atoms with Gasteiger partial charge in [0.2, 0.25) is 5.91 Å². The molecule has 0 radical (unpaired) electrons. The van der Waals surface area contributed by atoms with Gasteiger partial charge in [0.15, 0.2) is 5.78 Å². The Balaban J connectivity index is 1.39. The third-order valence-corrected chi connectivity index (χ3v) is 6.26. The normalized spacial score (nSPS) is 15.2. The molecular formula is C22H20ClN3O3S. The first-order chi connectivity index (χ1) is 14.4. The molecule has 2 aromatic heterocycles. The Morgan fingerprint density at radius 1 is 1.40 bits per heavy atom. The van der Waals surface area contributed by atoms with Gasteiger partial charge < -0.3 is 10.1 Å². The van der Waals surface area contributed by atoms with E-state index in [2.05, 4.69) is 10.4 Å². The lowest BCUT2D eigenvalue weighted by atomic mass is 10.1. The first-order valence-electron chi connectivity index (χ1n) is 9.44. The van der Waals surface area contributed by atoms with E-state index in [0.717, 1.165) is 26.4 Å². The highest BCUT2D eigenvalue weighted by Crippen LogP contribution is 2.41. The fraction of sp³-hybridized carbons (Fsp3) is 0.227. The van der Waals surface area contributed by atoms with Crippen molar-refractivity contribution in [3.05, 3.63) is 63.8 Å². The van der Waals surface area contributed by atoms with Crippen LogP contribution < -0.4 is 10.1 Å². The Labute approximate surface area is 183 Å². The van der Waals surface area contributed by atoms with Crippen molar-refractivity contribution in [1.82, 2.24) is 15.1 Å². The second-order valence-electron chi connectivity index (χ2n) is 7.14. The van der Waals surface area contributed by atoms with E-state index >= 15 is 0 Å². The number of hydrogen-bond acceptors (Lipinski definition) is 5. The van der Waals surface area contributed by atoms with Gasteiger partial charge in [0, 0.05) is 41.7 Å². The van der Waals surface area contributed by atoms with Crippen molar-refractivity contribution >= 4 is 40.7 Å². The van der Waals surface area contributed by atoms with Crippen LogP contribution >= 0.6 is 22.9 Å². The summed E-state index contributed by atoms with van der Waals surface area (Å²) in [5.74, 6) is 0.518. The van der Waals surface area contributed by atoms with Gasteiger partial charge in [0.05, 0.1) is 22.6 Å². The molecule has 1 atom stereocenters. The molecule has 0 spiro atoms. The highest BCUT2D eigenvalue weighted by atomic mass is 35.5. The molecule has 1 N–H and O–H groups in total. The molecule has 154 valence electrons. The van der Waals surface area contributed by atoms with E-state index in [0.29, 0.717) is 23.7 Å². The van der Waals surface area contributed by atoms with Crippen LogP contribution in [0.1, 0.15) is 27.7 Å². The average molecular weight is 442 g/mol. The predicted octanol–water partition coefficient (Wildman–Crippen LogP) is 4.14. The summed E-state index contributed by atoms with van der Waals surface area (Å²) in [6.07, 6.45) is 7.18. The molecular weight excluding hydrogens is 422 g/mol. The average Bonchev–Trinajstić information content (AvgIpc) is 3.43.